The molecule has 0 aromatic carbocycles. The summed E-state index contributed by atoms with van der Waals surface area (Å²) < 4.78 is 0. The Balaban J connectivity index is 2.17. The molecule has 3 N–H and O–H groups in total. The Labute approximate surface area is 54.2 Å². The molecule has 2 nitrogen and oxygen atoms in total. The Hall–Kier alpha value is 0.270. The quantitative estimate of drug-likeness (QED) is 0.487. The van der Waals surface area contributed by atoms with Crippen LogP contribution in [0.4, 0.5) is 0 Å². The fourth-order valence-electron chi connectivity index (χ4n) is 0.725. The van der Waals surface area contributed by atoms with E-state index in [4.69, 9.17) is 5.73 Å². The summed E-state index contributed by atoms with van der Waals surface area (Å²) in [5.74, 6) is 2.29. The summed E-state index contributed by atoms with van der Waals surface area (Å²) >= 11 is 1.93. The first-order valence-corrected chi connectivity index (χ1v) is 4.09. The number of nitrogens with one attached hydrogen (secondary N) is 1. The molecule has 48 valence electrons. The Morgan fingerprint density at radius 2 is 2.50 bits per heavy atom. The zero-order valence-electron chi connectivity index (χ0n) is 4.89. The van der Waals surface area contributed by atoms with E-state index in [1.807, 2.05) is 11.8 Å². The third-order valence-corrected chi connectivity index (χ3v) is 2.18. The zero-order chi connectivity index (χ0) is 5.82. The molecule has 1 fully saturated rings. The molecule has 0 radical (unpaired) electrons. The fourth-order valence-corrected chi connectivity index (χ4v) is 1.60. The van der Waals surface area contributed by atoms with Crippen LogP contribution in [0.5, 0.6) is 0 Å². The lowest BCUT2D eigenvalue weighted by Crippen LogP contribution is -2.31. The van der Waals surface area contributed by atoms with Crippen molar-refractivity contribution in [3.05, 3.63) is 0 Å². The largest absolute Gasteiger partial charge is 0.327 e. The number of rotatable bonds is 0. The summed E-state index contributed by atoms with van der Waals surface area (Å²) in [6, 6.07) is 0.394. The van der Waals surface area contributed by atoms with Crippen molar-refractivity contribution in [1.29, 1.82) is 0 Å². The maximum absolute atomic E-state index is 5.66. The van der Waals surface area contributed by atoms with Gasteiger partial charge in [-0.15, -0.1) is 11.8 Å². The van der Waals surface area contributed by atoms with Crippen LogP contribution in [0.15, 0.2) is 0 Å². The van der Waals surface area contributed by atoms with Crippen molar-refractivity contribution >= 4 is 11.8 Å². The summed E-state index contributed by atoms with van der Waals surface area (Å²) in [5, 5.41) is 3.23. The molecule has 0 bridgehead atoms. The van der Waals surface area contributed by atoms with Gasteiger partial charge < -0.3 is 11.1 Å². The van der Waals surface area contributed by atoms with E-state index in [2.05, 4.69) is 5.32 Å². The van der Waals surface area contributed by atoms with Gasteiger partial charge in [-0.3, -0.25) is 0 Å². The molecule has 1 saturated heterocycles. The van der Waals surface area contributed by atoms with Crippen LogP contribution in [0.1, 0.15) is 6.42 Å². The third-order valence-electron chi connectivity index (χ3n) is 1.24. The molecule has 0 aromatic rings. The summed E-state index contributed by atoms with van der Waals surface area (Å²) in [6.07, 6.45) is 1.16. The lowest BCUT2D eigenvalue weighted by atomic mass is 10.2. The summed E-state index contributed by atoms with van der Waals surface area (Å²) in [7, 11) is 0. The molecule has 8 heavy (non-hydrogen) atoms. The molecular formula is C5H12N2S. The second kappa shape index (κ2) is 3.33. The average Bonchev–Trinajstić information content (AvgIpc) is 1.94. The van der Waals surface area contributed by atoms with Crippen LogP contribution in [-0.4, -0.2) is 24.2 Å². The number of hydrogen-bond acceptors (Lipinski definition) is 3. The van der Waals surface area contributed by atoms with E-state index in [-0.39, 0.29) is 0 Å². The average molecular weight is 132 g/mol. The molecule has 1 heterocycles. The Morgan fingerprint density at radius 1 is 1.62 bits per heavy atom. The lowest BCUT2D eigenvalue weighted by Gasteiger charge is -2.03. The highest BCUT2D eigenvalue weighted by atomic mass is 32.2. The molecule has 3 heteroatoms. The summed E-state index contributed by atoms with van der Waals surface area (Å²) in [5.41, 5.74) is 5.66. The molecular weight excluding hydrogens is 120 g/mol. The summed E-state index contributed by atoms with van der Waals surface area (Å²) in [4.78, 5) is 0. The maximum Gasteiger partial charge on any atom is 0.0418 e. The molecule has 1 unspecified atom stereocenters. The van der Waals surface area contributed by atoms with Crippen molar-refractivity contribution in [2.24, 2.45) is 5.73 Å². The van der Waals surface area contributed by atoms with Gasteiger partial charge >= 0.3 is 0 Å². The molecule has 1 rings (SSSR count). The minimum Gasteiger partial charge on any atom is -0.327 e. The van der Waals surface area contributed by atoms with Crippen LogP contribution in [0.3, 0.4) is 0 Å². The third kappa shape index (κ3) is 2.03. The highest BCUT2D eigenvalue weighted by Crippen LogP contribution is 2.04. The predicted octanol–water partition coefficient (Wildman–Crippen LogP) is -0.00230. The van der Waals surface area contributed by atoms with E-state index < -0.39 is 0 Å². The van der Waals surface area contributed by atoms with Crippen LogP contribution in [-0.2, 0) is 0 Å². The van der Waals surface area contributed by atoms with Crippen LogP contribution in [0.2, 0.25) is 0 Å². The Bertz CT molecular complexity index is 59.4. The highest BCUT2D eigenvalue weighted by Gasteiger charge is 2.04. The normalized spacial score (nSPS) is 31.9. The molecule has 0 spiro atoms. The van der Waals surface area contributed by atoms with Gasteiger partial charge in [0.15, 0.2) is 0 Å². The van der Waals surface area contributed by atoms with Gasteiger partial charge in [0.1, 0.15) is 0 Å². The van der Waals surface area contributed by atoms with E-state index in [9.17, 15) is 0 Å². The monoisotopic (exact) mass is 132 g/mol. The van der Waals surface area contributed by atoms with Crippen molar-refractivity contribution in [1.82, 2.24) is 5.32 Å². The van der Waals surface area contributed by atoms with Crippen molar-refractivity contribution in [3.8, 4) is 0 Å². The van der Waals surface area contributed by atoms with E-state index in [1.165, 1.54) is 5.75 Å². The number of thioether (sulfide) groups is 1. The van der Waals surface area contributed by atoms with Gasteiger partial charge in [-0.05, 0) is 12.2 Å². The zero-order valence-corrected chi connectivity index (χ0v) is 5.71. The first-order valence-electron chi connectivity index (χ1n) is 2.93. The first kappa shape index (κ1) is 6.39. The number of hydrogen-bond donors (Lipinski definition) is 2. The van der Waals surface area contributed by atoms with E-state index >= 15 is 0 Å². The van der Waals surface area contributed by atoms with Crippen molar-refractivity contribution < 1.29 is 0 Å². The van der Waals surface area contributed by atoms with Gasteiger partial charge in [-0.25, -0.2) is 0 Å². The minimum absolute atomic E-state index is 0.394. The van der Waals surface area contributed by atoms with E-state index in [1.54, 1.807) is 0 Å². The topological polar surface area (TPSA) is 38.0 Å². The SMILES string of the molecule is NC1CCSCNC1. The Morgan fingerprint density at radius 3 is 3.38 bits per heavy atom. The molecule has 0 saturated carbocycles. The highest BCUT2D eigenvalue weighted by molar-refractivity contribution is 7.99. The second-order valence-electron chi connectivity index (χ2n) is 2.06. The molecule has 0 aromatic heterocycles. The molecule has 1 aliphatic heterocycles. The van der Waals surface area contributed by atoms with Crippen LogP contribution in [0.25, 0.3) is 0 Å². The van der Waals surface area contributed by atoms with Crippen molar-refractivity contribution in [2.75, 3.05) is 18.2 Å². The summed E-state index contributed by atoms with van der Waals surface area (Å²) in [6.45, 7) is 0.993. The number of nitrogens with two attached hydrogens (primary N) is 1. The van der Waals surface area contributed by atoms with Gasteiger partial charge in [-0.1, -0.05) is 0 Å². The van der Waals surface area contributed by atoms with Crippen molar-refractivity contribution in [3.63, 3.8) is 0 Å². The minimum atomic E-state index is 0.394. The van der Waals surface area contributed by atoms with Crippen LogP contribution < -0.4 is 11.1 Å². The lowest BCUT2D eigenvalue weighted by molar-refractivity contribution is 0.612. The van der Waals surface area contributed by atoms with Crippen LogP contribution >= 0.6 is 11.8 Å². The van der Waals surface area contributed by atoms with Crippen LogP contribution in [0, 0.1) is 0 Å². The second-order valence-corrected chi connectivity index (χ2v) is 3.16. The smallest absolute Gasteiger partial charge is 0.0418 e. The standard InChI is InChI=1S/C5H12N2S/c6-5-1-2-8-4-7-3-5/h5,7H,1-4,6H2. The van der Waals surface area contributed by atoms with Gasteiger partial charge in [0.2, 0.25) is 0 Å². The van der Waals surface area contributed by atoms with E-state index in [0.29, 0.717) is 6.04 Å². The molecule has 0 aliphatic carbocycles. The first-order chi connectivity index (χ1) is 3.89. The Kier molecular flexibility index (Phi) is 2.66. The van der Waals surface area contributed by atoms with E-state index in [0.717, 1.165) is 18.8 Å². The maximum atomic E-state index is 5.66. The predicted molar refractivity (Wildman–Crippen MR) is 37.9 cm³/mol. The fraction of sp³-hybridized carbons (Fsp3) is 1.00. The van der Waals surface area contributed by atoms with Gasteiger partial charge in [0, 0.05) is 18.5 Å². The molecule has 0 amide bonds. The van der Waals surface area contributed by atoms with Gasteiger partial charge in [0.05, 0.1) is 0 Å². The molecule has 1 atom stereocenters. The molecule has 1 aliphatic rings. The van der Waals surface area contributed by atoms with Gasteiger partial charge in [-0.2, -0.15) is 0 Å². The van der Waals surface area contributed by atoms with Gasteiger partial charge in [0.25, 0.3) is 0 Å². The van der Waals surface area contributed by atoms with Crippen molar-refractivity contribution in [2.45, 2.75) is 12.5 Å².